The number of nitrogens with two attached hydrogens (primary N) is 5. The van der Waals surface area contributed by atoms with Gasteiger partial charge in [0.1, 0.15) is 42.3 Å². The summed E-state index contributed by atoms with van der Waals surface area (Å²) in [5.41, 5.74) is 28.5. The number of aromatic amines is 1. The molecule has 0 saturated heterocycles. The van der Waals surface area contributed by atoms with E-state index in [-0.39, 0.29) is 57.2 Å². The Kier molecular flexibility index (Phi) is 30.0. The van der Waals surface area contributed by atoms with Crippen LogP contribution in [0.25, 0.3) is 0 Å². The number of guanidine groups is 2. The minimum absolute atomic E-state index is 0.0218. The highest BCUT2D eigenvalue weighted by Crippen LogP contribution is 2.12. The third-order valence-corrected chi connectivity index (χ3v) is 12.7. The van der Waals surface area contributed by atoms with Gasteiger partial charge in [0.25, 0.3) is 0 Å². The maximum absolute atomic E-state index is 14.2. The summed E-state index contributed by atoms with van der Waals surface area (Å²) < 4.78 is 0. The van der Waals surface area contributed by atoms with E-state index in [0.29, 0.717) is 24.1 Å². The van der Waals surface area contributed by atoms with Crippen molar-refractivity contribution < 1.29 is 63.3 Å². The largest absolute Gasteiger partial charge is 0.480 e. The Labute approximate surface area is 475 Å². The fourth-order valence-electron chi connectivity index (χ4n) is 7.79. The van der Waals surface area contributed by atoms with E-state index >= 15 is 0 Å². The molecular weight excluding hydrogens is 1070 g/mol. The van der Waals surface area contributed by atoms with E-state index in [1.165, 1.54) is 19.4 Å². The zero-order valence-electron chi connectivity index (χ0n) is 47.3. The second-order valence-electron chi connectivity index (χ2n) is 20.0. The quantitative estimate of drug-likeness (QED) is 0.0172. The minimum Gasteiger partial charge on any atom is -0.480 e. The number of rotatable bonds is 36. The van der Waals surface area contributed by atoms with Gasteiger partial charge < -0.3 is 96.4 Å². The summed E-state index contributed by atoms with van der Waals surface area (Å²) in [5.74, 6) is -10.7. The number of aromatic nitrogens is 2. The first-order valence-electron chi connectivity index (χ1n) is 26.7. The fraction of sp³-hybridized carbons (Fsp3) is 0.588. The second-order valence-corrected chi connectivity index (χ2v) is 20.0. The number of hydrogen-bond donors (Lipinski definition) is 17. The monoisotopic (exact) mass is 1160 g/mol. The average Bonchev–Trinajstić information content (AvgIpc) is 3.93. The highest BCUT2D eigenvalue weighted by Gasteiger charge is 2.37. The lowest BCUT2D eigenvalue weighted by atomic mass is 9.96. The zero-order chi connectivity index (χ0) is 61.8. The molecule has 31 nitrogen and oxygen atoms in total. The number of imidazole rings is 1. The van der Waals surface area contributed by atoms with Gasteiger partial charge in [0.15, 0.2) is 11.9 Å². The molecule has 0 bridgehead atoms. The summed E-state index contributed by atoms with van der Waals surface area (Å²) >= 11 is 0. The molecule has 82 heavy (non-hydrogen) atoms. The molecular formula is C51H84N18O13. The van der Waals surface area contributed by atoms with Crippen molar-refractivity contribution in [2.45, 2.75) is 148 Å². The molecule has 1 aromatic heterocycles. The van der Waals surface area contributed by atoms with Gasteiger partial charge in [0, 0.05) is 44.4 Å². The molecule has 0 aliphatic rings. The van der Waals surface area contributed by atoms with E-state index in [0.717, 1.165) is 18.7 Å². The molecule has 0 aliphatic carbocycles. The lowest BCUT2D eigenvalue weighted by Crippen LogP contribution is -2.62. The fourth-order valence-corrected chi connectivity index (χ4v) is 7.79. The molecule has 0 radical (unpaired) electrons. The summed E-state index contributed by atoms with van der Waals surface area (Å²) in [7, 11) is 0. The van der Waals surface area contributed by atoms with E-state index in [1.807, 2.05) is 0 Å². The predicted molar refractivity (Wildman–Crippen MR) is 300 cm³/mol. The third kappa shape index (κ3) is 24.9. The first-order valence-corrected chi connectivity index (χ1v) is 26.7. The number of H-pyrrole nitrogens is 1. The Morgan fingerprint density at radius 2 is 1.18 bits per heavy atom. The van der Waals surface area contributed by atoms with Gasteiger partial charge in [-0.1, -0.05) is 64.4 Å². The van der Waals surface area contributed by atoms with Crippen molar-refractivity contribution in [3.05, 3.63) is 54.1 Å². The maximum atomic E-state index is 14.2. The number of benzene rings is 1. The number of aliphatic carboxylic acids is 1. The average molecular weight is 1160 g/mol. The molecule has 2 aromatic rings. The molecule has 0 fully saturated rings. The van der Waals surface area contributed by atoms with Crippen LogP contribution in [0.15, 0.2) is 52.8 Å². The summed E-state index contributed by atoms with van der Waals surface area (Å²) in [6, 6.07) is -2.75. The van der Waals surface area contributed by atoms with Crippen molar-refractivity contribution in [1.82, 2.24) is 57.4 Å². The van der Waals surface area contributed by atoms with Gasteiger partial charge in [0.05, 0.1) is 37.7 Å². The van der Waals surface area contributed by atoms with Gasteiger partial charge in [-0.05, 0) is 57.4 Å². The summed E-state index contributed by atoms with van der Waals surface area (Å²) in [6.07, 6.45) is 0.0213. The van der Waals surface area contributed by atoms with E-state index < -0.39 is 145 Å². The van der Waals surface area contributed by atoms with Crippen LogP contribution in [0.4, 0.5) is 0 Å². The molecule has 22 N–H and O–H groups in total. The number of nitrogens with one attached hydrogen (secondary N) is 9. The molecule has 0 saturated carbocycles. The van der Waals surface area contributed by atoms with Crippen molar-refractivity contribution in [2.75, 3.05) is 32.7 Å². The number of carboxylic acids is 1. The van der Waals surface area contributed by atoms with Crippen LogP contribution in [-0.4, -0.2) is 195 Å². The lowest BCUT2D eigenvalue weighted by molar-refractivity contribution is -0.144. The molecule has 9 amide bonds. The molecule has 31 heteroatoms. The molecule has 1 unspecified atom stereocenters. The van der Waals surface area contributed by atoms with Crippen LogP contribution in [0.2, 0.25) is 0 Å². The first-order chi connectivity index (χ1) is 38.6. The number of aliphatic hydroxyl groups excluding tert-OH is 2. The zero-order valence-corrected chi connectivity index (χ0v) is 47.3. The molecule has 1 aromatic carbocycles. The van der Waals surface area contributed by atoms with E-state index in [1.54, 1.807) is 58.0 Å². The van der Waals surface area contributed by atoms with Crippen LogP contribution in [-0.2, 0) is 60.8 Å². The summed E-state index contributed by atoms with van der Waals surface area (Å²) in [5, 5.41) is 51.0. The number of aliphatic imine (C=N–C) groups is 2. The van der Waals surface area contributed by atoms with Gasteiger partial charge in [-0.15, -0.1) is 0 Å². The summed E-state index contributed by atoms with van der Waals surface area (Å²) in [4.78, 5) is 150. The van der Waals surface area contributed by atoms with Gasteiger partial charge in [-0.25, -0.2) is 9.78 Å². The molecule has 0 spiro atoms. The second kappa shape index (κ2) is 35.3. The summed E-state index contributed by atoms with van der Waals surface area (Å²) in [6.45, 7) is 8.91. The van der Waals surface area contributed by atoms with Crippen LogP contribution in [0, 0.1) is 11.8 Å². The van der Waals surface area contributed by atoms with Gasteiger partial charge in [-0.2, -0.15) is 0 Å². The number of nitrogens with zero attached hydrogens (tertiary/aromatic N) is 4. The Morgan fingerprint density at radius 3 is 1.73 bits per heavy atom. The SMILES string of the molecule is CCC(C)[C@H](NC(=O)CN(CCCN=C(N)N)C(=O)CNC(=O)[C@@H](NC(=O)[C@@H](NC(=O)[C@H](Cc1cnc[nH]1)NC(=O)[C@@H](Cc1ccccc1)NC(=O)[C@H](C)NC(=O)[C@@H](N)CCCN=C(N)N)[C@@H](C)O)[C@@H](C)O)C(=O)N[C@@H](C(=O)O)C(C)C. The Hall–Kier alpha value is -8.45. The Balaban J connectivity index is 2.32. The maximum Gasteiger partial charge on any atom is 0.326 e. The van der Waals surface area contributed by atoms with E-state index in [4.69, 9.17) is 28.7 Å². The number of carbonyl (C=O) groups excluding carboxylic acids is 9. The van der Waals surface area contributed by atoms with Crippen LogP contribution < -0.4 is 71.2 Å². The van der Waals surface area contributed by atoms with Gasteiger partial charge >= 0.3 is 5.97 Å². The highest BCUT2D eigenvalue weighted by molar-refractivity contribution is 5.98. The van der Waals surface area contributed by atoms with E-state index in [2.05, 4.69) is 62.5 Å². The smallest absolute Gasteiger partial charge is 0.326 e. The Bertz CT molecular complexity index is 2490. The third-order valence-electron chi connectivity index (χ3n) is 12.7. The number of carbonyl (C=O) groups is 10. The first kappa shape index (κ1) is 69.7. The van der Waals surface area contributed by atoms with Gasteiger partial charge in [0.2, 0.25) is 53.2 Å². The van der Waals surface area contributed by atoms with Crippen LogP contribution in [0.3, 0.4) is 0 Å². The van der Waals surface area contributed by atoms with Crippen LogP contribution >= 0.6 is 0 Å². The van der Waals surface area contributed by atoms with Crippen molar-refractivity contribution in [3.8, 4) is 0 Å². The predicted octanol–water partition coefficient (Wildman–Crippen LogP) is -5.85. The molecule has 2 rings (SSSR count). The molecule has 11 atom stereocenters. The Morgan fingerprint density at radius 1 is 0.646 bits per heavy atom. The molecule has 456 valence electrons. The topological polar surface area (TPSA) is 514 Å². The van der Waals surface area contributed by atoms with Crippen molar-refractivity contribution in [3.63, 3.8) is 0 Å². The minimum atomic E-state index is -1.85. The van der Waals surface area contributed by atoms with Crippen molar-refractivity contribution in [1.29, 1.82) is 0 Å². The lowest BCUT2D eigenvalue weighted by Gasteiger charge is -2.29. The molecule has 1 heterocycles. The number of hydrogen-bond acceptors (Lipinski definition) is 16. The number of amides is 9. The van der Waals surface area contributed by atoms with Crippen molar-refractivity contribution in [2.24, 2.45) is 50.5 Å². The normalized spacial score (nSPS) is 15.1. The number of aliphatic hydroxyl groups is 2. The number of carboxylic acid groups (broad SMARTS) is 1. The van der Waals surface area contributed by atoms with Crippen LogP contribution in [0.1, 0.15) is 85.4 Å². The standard InChI is InChI=1S/C51H84N18O13/c1-8-27(4)39(47(79)66-38(26(2)3)49(81)82)65-36(72)24-69(19-13-18-59-51(55)56)37(73)23-60-46(78)40(29(6)70)68-48(80)41(30(7)71)67-45(77)35(21-32-22-57-25-61-32)64-44(76)34(20-31-14-10-9-11-15-31)63-42(74)28(5)62-43(75)33(52)16-12-17-58-50(53)54/h9-11,14-15,22,25-30,33-35,38-41,70-71H,8,12-13,16-21,23-24,52H2,1-7H3,(H,57,61)(H,60,78)(H,62,75)(H,63,74)(H,64,76)(H,65,72)(H,66,79)(H,67,77)(H,68,80)(H,81,82)(H4,53,54,58)(H4,55,56,59)/t27?,28-,29+,30+,33-,34+,35-,38+,39-,40-,41-/m0/s1. The molecule has 0 aliphatic heterocycles. The van der Waals surface area contributed by atoms with Gasteiger partial charge in [-0.3, -0.25) is 53.1 Å². The van der Waals surface area contributed by atoms with Crippen LogP contribution in [0.5, 0.6) is 0 Å². The van der Waals surface area contributed by atoms with Crippen molar-refractivity contribution >= 4 is 71.1 Å². The highest BCUT2D eigenvalue weighted by atomic mass is 16.4. The van der Waals surface area contributed by atoms with E-state index in [9.17, 15) is 63.3 Å².